The van der Waals surface area contributed by atoms with E-state index in [1.807, 2.05) is 42.6 Å². The van der Waals surface area contributed by atoms with E-state index in [0.717, 1.165) is 27.9 Å². The van der Waals surface area contributed by atoms with Crippen molar-refractivity contribution in [1.29, 1.82) is 0 Å². The van der Waals surface area contributed by atoms with Crippen LogP contribution in [0.25, 0.3) is 22.4 Å². The maximum absolute atomic E-state index is 6.37. The van der Waals surface area contributed by atoms with Crippen molar-refractivity contribution in [3.8, 4) is 22.4 Å². The van der Waals surface area contributed by atoms with Crippen molar-refractivity contribution in [1.82, 2.24) is 4.98 Å². The first kappa shape index (κ1) is 17.5. The van der Waals surface area contributed by atoms with Crippen molar-refractivity contribution < 1.29 is 0 Å². The molecule has 0 unspecified atom stereocenters. The van der Waals surface area contributed by atoms with Gasteiger partial charge in [0, 0.05) is 11.8 Å². The van der Waals surface area contributed by atoms with E-state index in [4.69, 9.17) is 15.7 Å². The fraction of sp³-hybridized carbons (Fsp3) is 0.227. The highest BCUT2D eigenvalue weighted by molar-refractivity contribution is 6.40. The third kappa shape index (κ3) is 3.56. The second kappa shape index (κ2) is 6.55. The minimum atomic E-state index is -0.876. The van der Waals surface area contributed by atoms with Gasteiger partial charge in [-0.3, -0.25) is 4.98 Å². The number of pyridine rings is 1. The Hall–Kier alpha value is -2.28. The molecule has 1 aromatic heterocycles. The van der Waals surface area contributed by atoms with Crippen LogP contribution in [0.3, 0.4) is 0 Å². The summed E-state index contributed by atoms with van der Waals surface area (Å²) >= 11 is 0. The van der Waals surface area contributed by atoms with Gasteiger partial charge in [0.25, 0.3) is 0 Å². The maximum Gasteiger partial charge on any atom is 0.0708 e. The molecule has 1 heterocycles. The summed E-state index contributed by atoms with van der Waals surface area (Å²) in [7, 11) is 12.7. The van der Waals surface area contributed by atoms with Gasteiger partial charge in [0.05, 0.1) is 21.4 Å². The highest BCUT2D eigenvalue weighted by Crippen LogP contribution is 2.36. The Morgan fingerprint density at radius 1 is 0.720 bits per heavy atom. The molecule has 0 saturated heterocycles. The SMILES string of the molecule is [B]C([B])(c1ccc(-c2ccnc(-c3ccccc3)c2)cc1)C(C)(C)C. The zero-order valence-corrected chi connectivity index (χ0v) is 15.0. The first-order chi connectivity index (χ1) is 11.8. The van der Waals surface area contributed by atoms with E-state index in [9.17, 15) is 0 Å². The lowest BCUT2D eigenvalue weighted by atomic mass is 9.41. The molecule has 0 spiro atoms. The molecule has 0 aliphatic rings. The van der Waals surface area contributed by atoms with Crippen LogP contribution in [0.15, 0.2) is 72.9 Å². The molecule has 0 saturated carbocycles. The summed E-state index contributed by atoms with van der Waals surface area (Å²) in [5.74, 6) is 0. The number of benzene rings is 2. The third-order valence-corrected chi connectivity index (χ3v) is 4.77. The molecule has 0 aliphatic carbocycles. The van der Waals surface area contributed by atoms with Gasteiger partial charge in [0.1, 0.15) is 0 Å². The number of hydrogen-bond donors (Lipinski definition) is 0. The lowest BCUT2D eigenvalue weighted by Crippen LogP contribution is -2.41. The molecule has 25 heavy (non-hydrogen) atoms. The molecule has 3 rings (SSSR count). The van der Waals surface area contributed by atoms with E-state index in [2.05, 4.69) is 56.1 Å². The highest BCUT2D eigenvalue weighted by atomic mass is 14.7. The summed E-state index contributed by atoms with van der Waals surface area (Å²) < 4.78 is 0. The quantitative estimate of drug-likeness (QED) is 0.622. The van der Waals surface area contributed by atoms with Crippen molar-refractivity contribution in [2.24, 2.45) is 5.41 Å². The summed E-state index contributed by atoms with van der Waals surface area (Å²) in [6.07, 6.45) is 1.84. The summed E-state index contributed by atoms with van der Waals surface area (Å²) in [6.45, 7) is 6.15. The van der Waals surface area contributed by atoms with Crippen molar-refractivity contribution >= 4 is 15.7 Å². The summed E-state index contributed by atoms with van der Waals surface area (Å²) in [4.78, 5) is 4.48. The second-order valence-corrected chi connectivity index (χ2v) is 7.49. The smallest absolute Gasteiger partial charge is 0.0708 e. The van der Waals surface area contributed by atoms with Crippen molar-refractivity contribution in [2.75, 3.05) is 0 Å². The summed E-state index contributed by atoms with van der Waals surface area (Å²) in [6, 6.07) is 22.5. The van der Waals surface area contributed by atoms with Crippen LogP contribution in [0, 0.1) is 5.41 Å². The van der Waals surface area contributed by atoms with Gasteiger partial charge in [0.2, 0.25) is 0 Å². The molecule has 3 heteroatoms. The van der Waals surface area contributed by atoms with E-state index in [0.29, 0.717) is 0 Å². The normalized spacial score (nSPS) is 12.1. The minimum absolute atomic E-state index is 0.230. The summed E-state index contributed by atoms with van der Waals surface area (Å²) in [5, 5.41) is -0.876. The van der Waals surface area contributed by atoms with Crippen LogP contribution >= 0.6 is 0 Å². The Morgan fingerprint density at radius 2 is 1.36 bits per heavy atom. The van der Waals surface area contributed by atoms with Crippen LogP contribution < -0.4 is 0 Å². The molecule has 0 atom stereocenters. The molecule has 1 nitrogen and oxygen atoms in total. The van der Waals surface area contributed by atoms with E-state index >= 15 is 0 Å². The van der Waals surface area contributed by atoms with Crippen LogP contribution in [0.4, 0.5) is 0 Å². The monoisotopic (exact) mass is 321 g/mol. The largest absolute Gasteiger partial charge is 0.256 e. The zero-order valence-electron chi connectivity index (χ0n) is 15.0. The van der Waals surface area contributed by atoms with Gasteiger partial charge < -0.3 is 0 Å². The van der Waals surface area contributed by atoms with Crippen LogP contribution in [0.5, 0.6) is 0 Å². The van der Waals surface area contributed by atoms with Gasteiger partial charge in [-0.1, -0.05) is 86.1 Å². The highest BCUT2D eigenvalue weighted by Gasteiger charge is 2.32. The Labute approximate surface area is 153 Å². The third-order valence-electron chi connectivity index (χ3n) is 4.77. The zero-order chi connectivity index (χ0) is 18.1. The van der Waals surface area contributed by atoms with Crippen LogP contribution in [0.2, 0.25) is 0 Å². The van der Waals surface area contributed by atoms with Gasteiger partial charge in [-0.2, -0.15) is 0 Å². The molecule has 0 bridgehead atoms. The molecule has 120 valence electrons. The van der Waals surface area contributed by atoms with Gasteiger partial charge >= 0.3 is 0 Å². The van der Waals surface area contributed by atoms with Crippen molar-refractivity contribution in [2.45, 2.75) is 26.0 Å². The lowest BCUT2D eigenvalue weighted by molar-refractivity contribution is 0.358. The Morgan fingerprint density at radius 3 is 1.96 bits per heavy atom. The molecule has 3 aromatic rings. The van der Waals surface area contributed by atoms with Crippen molar-refractivity contribution in [3.63, 3.8) is 0 Å². The van der Waals surface area contributed by atoms with Gasteiger partial charge in [-0.25, -0.2) is 0 Å². The second-order valence-electron chi connectivity index (χ2n) is 7.49. The average Bonchev–Trinajstić information content (AvgIpc) is 2.62. The summed E-state index contributed by atoms with van der Waals surface area (Å²) in [5.41, 5.74) is 5.01. The van der Waals surface area contributed by atoms with Crippen LogP contribution in [-0.4, -0.2) is 20.7 Å². The van der Waals surface area contributed by atoms with E-state index in [-0.39, 0.29) is 5.41 Å². The van der Waals surface area contributed by atoms with Crippen molar-refractivity contribution in [3.05, 3.63) is 78.5 Å². The molecule has 0 amide bonds. The van der Waals surface area contributed by atoms with Gasteiger partial charge in [-0.15, -0.1) is 0 Å². The van der Waals surface area contributed by atoms with Crippen LogP contribution in [0.1, 0.15) is 26.3 Å². The Bertz CT molecular complexity index is 847. The molecule has 0 fully saturated rings. The Kier molecular flexibility index (Phi) is 4.60. The van der Waals surface area contributed by atoms with E-state index in [1.165, 1.54) is 0 Å². The minimum Gasteiger partial charge on any atom is -0.256 e. The fourth-order valence-electron chi connectivity index (χ4n) is 2.75. The van der Waals surface area contributed by atoms with Gasteiger partial charge in [-0.05, 0) is 28.7 Å². The molecular weight excluding hydrogens is 300 g/mol. The van der Waals surface area contributed by atoms with E-state index in [1.54, 1.807) is 0 Å². The molecule has 4 radical (unpaired) electrons. The fourth-order valence-corrected chi connectivity index (χ4v) is 2.75. The number of rotatable bonds is 3. The van der Waals surface area contributed by atoms with E-state index < -0.39 is 5.21 Å². The first-order valence-electron chi connectivity index (χ1n) is 8.49. The predicted molar refractivity (Wildman–Crippen MR) is 108 cm³/mol. The van der Waals surface area contributed by atoms with Crippen LogP contribution in [-0.2, 0) is 5.21 Å². The lowest BCUT2D eigenvalue weighted by Gasteiger charge is -2.40. The van der Waals surface area contributed by atoms with Gasteiger partial charge in [0.15, 0.2) is 0 Å². The standard InChI is InChI=1S/C22H21B2N/c1-21(2,3)22(23,24)19-11-9-16(10-12-19)18-13-14-25-20(15-18)17-7-5-4-6-8-17/h4-15H,1-3H3. The maximum atomic E-state index is 6.37. The molecular formula is C22H21B2N. The number of nitrogens with zero attached hydrogens (tertiary/aromatic N) is 1. The molecule has 0 aliphatic heterocycles. The predicted octanol–water partition coefficient (Wildman–Crippen LogP) is 4.95. The first-order valence-corrected chi connectivity index (χ1v) is 8.49. The topological polar surface area (TPSA) is 12.9 Å². The Balaban J connectivity index is 1.94. The number of aromatic nitrogens is 1. The molecule has 0 N–H and O–H groups in total. The number of hydrogen-bond acceptors (Lipinski definition) is 1. The average molecular weight is 321 g/mol. The molecule has 2 aromatic carbocycles.